The van der Waals surface area contributed by atoms with Crippen LogP contribution in [-0.4, -0.2) is 5.71 Å². The van der Waals surface area contributed by atoms with Gasteiger partial charge in [0.25, 0.3) is 0 Å². The van der Waals surface area contributed by atoms with Gasteiger partial charge in [-0.3, -0.25) is 0 Å². The van der Waals surface area contributed by atoms with Crippen LogP contribution in [0.1, 0.15) is 25.7 Å². The Morgan fingerprint density at radius 2 is 1.43 bits per heavy atom. The lowest BCUT2D eigenvalue weighted by molar-refractivity contribution is 1.01. The molecule has 23 heavy (non-hydrogen) atoms. The molecule has 2 N–H and O–H groups in total. The molecule has 0 aromatic heterocycles. The smallest absolute Gasteiger partial charge is 0.0382 e. The van der Waals surface area contributed by atoms with E-state index in [2.05, 4.69) is 59.9 Å². The molecule has 2 aromatic rings. The van der Waals surface area contributed by atoms with Gasteiger partial charge < -0.3 is 10.7 Å². The molecule has 0 heterocycles. The summed E-state index contributed by atoms with van der Waals surface area (Å²) in [6.07, 6.45) is 6.97. The highest BCUT2D eigenvalue weighted by molar-refractivity contribution is 5.96. The maximum Gasteiger partial charge on any atom is 0.0382 e. The van der Waals surface area contributed by atoms with Crippen molar-refractivity contribution in [2.75, 3.05) is 5.32 Å². The van der Waals surface area contributed by atoms with Crippen molar-refractivity contribution in [1.82, 2.24) is 0 Å². The minimum atomic E-state index is 0.519. The van der Waals surface area contributed by atoms with Gasteiger partial charge in [0.2, 0.25) is 0 Å². The number of allylic oxidation sites excluding steroid dienone is 2. The Morgan fingerprint density at radius 3 is 2.04 bits per heavy atom. The third-order valence-corrected chi connectivity index (χ3v) is 4.63. The lowest BCUT2D eigenvalue weighted by atomic mass is 10.1. The van der Waals surface area contributed by atoms with Crippen LogP contribution < -0.4 is 5.32 Å². The first-order chi connectivity index (χ1) is 11.3. The molecule has 2 aliphatic carbocycles. The Labute approximate surface area is 137 Å². The summed E-state index contributed by atoms with van der Waals surface area (Å²) >= 11 is 0. The Hall–Kier alpha value is -2.35. The molecule has 0 aliphatic heterocycles. The van der Waals surface area contributed by atoms with Crippen molar-refractivity contribution >= 4 is 11.4 Å². The lowest BCUT2D eigenvalue weighted by Gasteiger charge is -2.12. The van der Waals surface area contributed by atoms with E-state index >= 15 is 0 Å². The zero-order valence-electron chi connectivity index (χ0n) is 13.3. The molecule has 2 nitrogen and oxygen atoms in total. The molecule has 2 heteroatoms. The molecular weight excluding hydrogens is 280 g/mol. The Balaban J connectivity index is 1.50. The molecule has 2 aromatic carbocycles. The summed E-state index contributed by atoms with van der Waals surface area (Å²) in [5.74, 6) is 1.15. The second-order valence-corrected chi connectivity index (χ2v) is 6.67. The number of benzene rings is 2. The van der Waals surface area contributed by atoms with Gasteiger partial charge >= 0.3 is 0 Å². The monoisotopic (exact) mass is 302 g/mol. The quantitative estimate of drug-likeness (QED) is 0.680. The van der Waals surface area contributed by atoms with Crippen molar-refractivity contribution in [1.29, 1.82) is 5.41 Å². The zero-order valence-corrected chi connectivity index (χ0v) is 13.3. The van der Waals surface area contributed by atoms with Crippen molar-refractivity contribution in [3.05, 3.63) is 66.4 Å². The predicted molar refractivity (Wildman–Crippen MR) is 96.8 cm³/mol. The highest BCUT2D eigenvalue weighted by Gasteiger charge is 2.29. The standard InChI is InChI=1S/C21H22N2/c22-20(17-6-7-17)14-21(18-8-9-18)23-19-12-10-16(11-13-19)15-4-2-1-3-5-15/h1-5,10-14,17-18,22-23H,6-9H2/b21-14-,22-20?. The third kappa shape index (κ3) is 3.53. The molecule has 0 radical (unpaired) electrons. The van der Waals surface area contributed by atoms with Crippen molar-refractivity contribution in [3.8, 4) is 11.1 Å². The summed E-state index contributed by atoms with van der Waals surface area (Å²) in [7, 11) is 0. The van der Waals surface area contributed by atoms with Crippen molar-refractivity contribution in [2.45, 2.75) is 25.7 Å². The molecule has 2 aliphatic rings. The molecule has 116 valence electrons. The number of rotatable bonds is 6. The minimum absolute atomic E-state index is 0.519. The van der Waals surface area contributed by atoms with Gasteiger partial charge in [0.05, 0.1) is 0 Å². The number of hydrogen-bond acceptors (Lipinski definition) is 2. The van der Waals surface area contributed by atoms with Crippen molar-refractivity contribution in [3.63, 3.8) is 0 Å². The maximum absolute atomic E-state index is 8.15. The second-order valence-electron chi connectivity index (χ2n) is 6.67. The van der Waals surface area contributed by atoms with E-state index in [0.29, 0.717) is 11.8 Å². The van der Waals surface area contributed by atoms with Crippen LogP contribution in [0.15, 0.2) is 66.4 Å². The fraction of sp³-hybridized carbons (Fsp3) is 0.286. The first-order valence-electron chi connectivity index (χ1n) is 8.52. The molecule has 0 spiro atoms. The molecular formula is C21H22N2. The average Bonchev–Trinajstić information content (AvgIpc) is 3.49. The highest BCUT2D eigenvalue weighted by Crippen LogP contribution is 2.38. The Morgan fingerprint density at radius 1 is 0.826 bits per heavy atom. The van der Waals surface area contributed by atoms with Crippen LogP contribution in [0.5, 0.6) is 0 Å². The predicted octanol–water partition coefficient (Wildman–Crippen LogP) is 5.49. The lowest BCUT2D eigenvalue weighted by Crippen LogP contribution is -2.06. The van der Waals surface area contributed by atoms with E-state index < -0.39 is 0 Å². The average molecular weight is 302 g/mol. The molecule has 0 amide bonds. The van der Waals surface area contributed by atoms with E-state index in [9.17, 15) is 0 Å². The topological polar surface area (TPSA) is 35.9 Å². The van der Waals surface area contributed by atoms with Gasteiger partial charge in [-0.1, -0.05) is 42.5 Å². The van der Waals surface area contributed by atoms with Crippen LogP contribution in [-0.2, 0) is 0 Å². The maximum atomic E-state index is 8.15. The van der Waals surface area contributed by atoms with E-state index in [1.807, 2.05) is 6.07 Å². The summed E-state index contributed by atoms with van der Waals surface area (Å²) in [4.78, 5) is 0. The van der Waals surface area contributed by atoms with Crippen LogP contribution in [0.3, 0.4) is 0 Å². The fourth-order valence-corrected chi connectivity index (χ4v) is 2.87. The Bertz CT molecular complexity index is 720. The van der Waals surface area contributed by atoms with Crippen LogP contribution in [0.25, 0.3) is 11.1 Å². The van der Waals surface area contributed by atoms with E-state index in [0.717, 1.165) is 11.4 Å². The zero-order chi connectivity index (χ0) is 15.6. The third-order valence-electron chi connectivity index (χ3n) is 4.63. The van der Waals surface area contributed by atoms with E-state index in [1.54, 1.807) is 0 Å². The molecule has 0 saturated heterocycles. The second kappa shape index (κ2) is 6.04. The first kappa shape index (κ1) is 14.3. The van der Waals surface area contributed by atoms with E-state index in [-0.39, 0.29) is 0 Å². The Kier molecular flexibility index (Phi) is 3.74. The molecule has 0 atom stereocenters. The van der Waals surface area contributed by atoms with E-state index in [4.69, 9.17) is 5.41 Å². The van der Waals surface area contributed by atoms with Gasteiger partial charge in [-0.2, -0.15) is 0 Å². The molecule has 2 fully saturated rings. The number of nitrogens with one attached hydrogen (secondary N) is 2. The largest absolute Gasteiger partial charge is 0.359 e. The van der Waals surface area contributed by atoms with Gasteiger partial charge in [-0.15, -0.1) is 0 Å². The van der Waals surface area contributed by atoms with Gasteiger partial charge in [0, 0.05) is 23.0 Å². The highest BCUT2D eigenvalue weighted by atomic mass is 14.9. The molecule has 4 rings (SSSR count). The number of hydrogen-bond donors (Lipinski definition) is 2. The summed E-state index contributed by atoms with van der Waals surface area (Å²) in [6.45, 7) is 0. The van der Waals surface area contributed by atoms with Crippen LogP contribution in [0.2, 0.25) is 0 Å². The normalized spacial score (nSPS) is 17.8. The SMILES string of the molecule is N=C(/C=C(\Nc1ccc(-c2ccccc2)cc1)C1CC1)C1CC1. The molecule has 0 bridgehead atoms. The van der Waals surface area contributed by atoms with Gasteiger partial charge in [0.1, 0.15) is 0 Å². The van der Waals surface area contributed by atoms with Crippen LogP contribution in [0, 0.1) is 17.2 Å². The molecule has 0 unspecified atom stereocenters. The van der Waals surface area contributed by atoms with Crippen molar-refractivity contribution in [2.24, 2.45) is 11.8 Å². The van der Waals surface area contributed by atoms with Crippen LogP contribution in [0.4, 0.5) is 5.69 Å². The first-order valence-corrected chi connectivity index (χ1v) is 8.52. The van der Waals surface area contributed by atoms with Gasteiger partial charge in [0.15, 0.2) is 0 Å². The fourth-order valence-electron chi connectivity index (χ4n) is 2.87. The summed E-state index contributed by atoms with van der Waals surface area (Å²) in [5, 5.41) is 11.7. The number of anilines is 1. The summed E-state index contributed by atoms with van der Waals surface area (Å²) in [6, 6.07) is 19.0. The van der Waals surface area contributed by atoms with Gasteiger partial charge in [-0.25, -0.2) is 0 Å². The summed E-state index contributed by atoms with van der Waals surface area (Å²) < 4.78 is 0. The van der Waals surface area contributed by atoms with Gasteiger partial charge in [-0.05, 0) is 60.9 Å². The van der Waals surface area contributed by atoms with E-state index in [1.165, 1.54) is 42.5 Å². The minimum Gasteiger partial charge on any atom is -0.359 e. The molecule has 2 saturated carbocycles. The van der Waals surface area contributed by atoms with Crippen molar-refractivity contribution < 1.29 is 0 Å². The van der Waals surface area contributed by atoms with Crippen LogP contribution >= 0.6 is 0 Å². The summed E-state index contributed by atoms with van der Waals surface area (Å²) in [5.41, 5.74) is 5.63.